The minimum absolute atomic E-state index is 0.162. The zero-order chi connectivity index (χ0) is 18.2. The molecule has 0 amide bonds. The number of rotatable bonds is 9. The van der Waals surface area contributed by atoms with Crippen molar-refractivity contribution in [1.29, 1.82) is 0 Å². The van der Waals surface area contributed by atoms with Gasteiger partial charge in [-0.15, -0.1) is 0 Å². The van der Waals surface area contributed by atoms with E-state index in [4.69, 9.17) is 4.74 Å². The number of phenolic OH excluding ortho intramolecular Hbond substituents is 1. The van der Waals surface area contributed by atoms with Crippen molar-refractivity contribution in [3.63, 3.8) is 0 Å². The number of aromatic hydroxyl groups is 1. The molecular weight excluding hydrogens is 376 g/mol. The van der Waals surface area contributed by atoms with Crippen molar-refractivity contribution in [2.45, 2.75) is 58.5 Å². The highest BCUT2D eigenvalue weighted by Gasteiger charge is 2.21. The predicted octanol–water partition coefficient (Wildman–Crippen LogP) is 6.80. The van der Waals surface area contributed by atoms with Gasteiger partial charge in [0.2, 0.25) is 0 Å². The van der Waals surface area contributed by atoms with E-state index in [1.807, 2.05) is 12.1 Å². The molecule has 0 aromatic heterocycles. The van der Waals surface area contributed by atoms with Crippen LogP contribution in [-0.2, 0) is 4.74 Å². The van der Waals surface area contributed by atoms with Crippen LogP contribution in [0.15, 0.2) is 52.0 Å². The summed E-state index contributed by atoms with van der Waals surface area (Å²) in [6, 6.07) is 5.55. The molecule has 1 unspecified atom stereocenters. The molecule has 1 aliphatic heterocycles. The van der Waals surface area contributed by atoms with E-state index in [2.05, 4.69) is 48.5 Å². The number of hydrogen-bond acceptors (Lipinski definition) is 2. The SMILES string of the molecule is C=C(CCC)C1=CCOC1CC/C(=C/c1cc(Br)ccc1O)CCC. The summed E-state index contributed by atoms with van der Waals surface area (Å²) in [5.74, 6) is 0.325. The van der Waals surface area contributed by atoms with Crippen molar-refractivity contribution in [2.75, 3.05) is 6.61 Å². The average molecular weight is 405 g/mol. The molecular formula is C22H29BrO2. The number of benzene rings is 1. The molecule has 0 aliphatic carbocycles. The molecule has 2 rings (SSSR count). The van der Waals surface area contributed by atoms with Crippen molar-refractivity contribution in [1.82, 2.24) is 0 Å². The van der Waals surface area contributed by atoms with Gasteiger partial charge in [0, 0.05) is 10.0 Å². The Hall–Kier alpha value is -1.32. The van der Waals surface area contributed by atoms with E-state index in [9.17, 15) is 5.11 Å². The van der Waals surface area contributed by atoms with Crippen LogP contribution in [0.2, 0.25) is 0 Å². The standard InChI is InChI=1S/C22H29BrO2/c1-4-6-16(3)20-12-13-25-22(20)11-8-17(7-5-2)14-18-15-19(23)9-10-21(18)24/h9-10,12,14-15,22,24H,3-8,11,13H2,1-2H3/b17-14+. The van der Waals surface area contributed by atoms with Gasteiger partial charge in [-0.2, -0.15) is 0 Å². The summed E-state index contributed by atoms with van der Waals surface area (Å²) in [5.41, 5.74) is 4.74. The number of ether oxygens (including phenoxy) is 1. The average Bonchev–Trinajstić information content (AvgIpc) is 3.05. The minimum Gasteiger partial charge on any atom is -0.507 e. The maximum absolute atomic E-state index is 10.1. The van der Waals surface area contributed by atoms with E-state index in [1.54, 1.807) is 6.07 Å². The van der Waals surface area contributed by atoms with Gasteiger partial charge < -0.3 is 9.84 Å². The van der Waals surface area contributed by atoms with Crippen LogP contribution in [0, 0.1) is 0 Å². The molecule has 0 bridgehead atoms. The minimum atomic E-state index is 0.162. The Morgan fingerprint density at radius 2 is 2.04 bits per heavy atom. The number of allylic oxidation sites excluding steroid dienone is 1. The summed E-state index contributed by atoms with van der Waals surface area (Å²) < 4.78 is 6.90. The van der Waals surface area contributed by atoms with Gasteiger partial charge >= 0.3 is 0 Å². The molecule has 0 spiro atoms. The van der Waals surface area contributed by atoms with E-state index in [-0.39, 0.29) is 6.10 Å². The van der Waals surface area contributed by atoms with E-state index in [0.717, 1.165) is 48.6 Å². The lowest BCUT2D eigenvalue weighted by atomic mass is 9.93. The first-order valence-electron chi connectivity index (χ1n) is 9.22. The Labute approximate surface area is 160 Å². The van der Waals surface area contributed by atoms with Gasteiger partial charge in [0.15, 0.2) is 0 Å². The van der Waals surface area contributed by atoms with Crippen LogP contribution in [0.4, 0.5) is 0 Å². The van der Waals surface area contributed by atoms with Gasteiger partial charge in [0.1, 0.15) is 5.75 Å². The fourth-order valence-electron chi connectivity index (χ4n) is 3.30. The molecule has 0 fully saturated rings. The smallest absolute Gasteiger partial charge is 0.122 e. The van der Waals surface area contributed by atoms with Gasteiger partial charge in [-0.25, -0.2) is 0 Å². The molecule has 1 aromatic carbocycles. The second-order valence-electron chi connectivity index (χ2n) is 6.63. The maximum Gasteiger partial charge on any atom is 0.122 e. The zero-order valence-electron chi connectivity index (χ0n) is 15.4. The summed E-state index contributed by atoms with van der Waals surface area (Å²) in [6.07, 6.45) is 10.7. The first kappa shape index (κ1) is 20.0. The molecule has 1 heterocycles. The molecule has 0 saturated carbocycles. The zero-order valence-corrected chi connectivity index (χ0v) is 16.9. The first-order chi connectivity index (χ1) is 12.0. The van der Waals surface area contributed by atoms with Crippen molar-refractivity contribution in [3.8, 4) is 5.75 Å². The third-order valence-corrected chi connectivity index (χ3v) is 5.05. The van der Waals surface area contributed by atoms with Crippen LogP contribution in [-0.4, -0.2) is 17.8 Å². The lowest BCUT2D eigenvalue weighted by molar-refractivity contribution is 0.116. The second kappa shape index (κ2) is 9.98. The van der Waals surface area contributed by atoms with Gasteiger partial charge in [-0.05, 0) is 55.0 Å². The van der Waals surface area contributed by atoms with Crippen LogP contribution >= 0.6 is 15.9 Å². The monoisotopic (exact) mass is 404 g/mol. The third-order valence-electron chi connectivity index (χ3n) is 4.56. The summed E-state index contributed by atoms with van der Waals surface area (Å²) >= 11 is 3.48. The van der Waals surface area contributed by atoms with Crippen LogP contribution in [0.25, 0.3) is 6.08 Å². The van der Waals surface area contributed by atoms with Crippen molar-refractivity contribution in [3.05, 3.63) is 57.6 Å². The Bertz CT molecular complexity index is 658. The van der Waals surface area contributed by atoms with Crippen molar-refractivity contribution in [2.24, 2.45) is 0 Å². The predicted molar refractivity (Wildman–Crippen MR) is 110 cm³/mol. The van der Waals surface area contributed by atoms with Gasteiger partial charge in [-0.1, -0.05) is 66.9 Å². The largest absolute Gasteiger partial charge is 0.507 e. The number of hydrogen-bond donors (Lipinski definition) is 1. The Kier molecular flexibility index (Phi) is 7.98. The highest BCUT2D eigenvalue weighted by molar-refractivity contribution is 9.10. The van der Waals surface area contributed by atoms with Crippen molar-refractivity contribution >= 4 is 22.0 Å². The highest BCUT2D eigenvalue weighted by Crippen LogP contribution is 2.31. The van der Waals surface area contributed by atoms with Gasteiger partial charge in [-0.3, -0.25) is 0 Å². The summed E-state index contributed by atoms with van der Waals surface area (Å²) in [5, 5.41) is 10.1. The topological polar surface area (TPSA) is 29.5 Å². The molecule has 1 aliphatic rings. The van der Waals surface area contributed by atoms with Crippen molar-refractivity contribution < 1.29 is 9.84 Å². The van der Waals surface area contributed by atoms with E-state index >= 15 is 0 Å². The Balaban J connectivity index is 2.07. The Morgan fingerprint density at radius 3 is 2.76 bits per heavy atom. The second-order valence-corrected chi connectivity index (χ2v) is 7.55. The molecule has 1 aromatic rings. The molecule has 25 heavy (non-hydrogen) atoms. The lowest BCUT2D eigenvalue weighted by Gasteiger charge is -2.17. The molecule has 1 N–H and O–H groups in total. The van der Waals surface area contributed by atoms with Crippen LogP contribution in [0.5, 0.6) is 5.75 Å². The summed E-state index contributed by atoms with van der Waals surface area (Å²) in [4.78, 5) is 0. The molecule has 2 nitrogen and oxygen atoms in total. The molecule has 136 valence electrons. The van der Waals surface area contributed by atoms with E-state index in [0.29, 0.717) is 12.4 Å². The van der Waals surface area contributed by atoms with Crippen LogP contribution in [0.3, 0.4) is 0 Å². The molecule has 0 saturated heterocycles. The first-order valence-corrected chi connectivity index (χ1v) is 10.0. The third kappa shape index (κ3) is 5.86. The van der Waals surface area contributed by atoms with Gasteiger partial charge in [0.05, 0.1) is 12.7 Å². The summed E-state index contributed by atoms with van der Waals surface area (Å²) in [7, 11) is 0. The molecule has 0 radical (unpaired) electrons. The number of phenols is 1. The summed E-state index contributed by atoms with van der Waals surface area (Å²) in [6.45, 7) is 9.30. The van der Waals surface area contributed by atoms with E-state index in [1.165, 1.54) is 16.7 Å². The fourth-order valence-corrected chi connectivity index (χ4v) is 3.68. The highest BCUT2D eigenvalue weighted by atomic mass is 79.9. The molecule has 3 heteroatoms. The Morgan fingerprint density at radius 1 is 1.28 bits per heavy atom. The number of halogens is 1. The molecule has 1 atom stereocenters. The van der Waals surface area contributed by atoms with Crippen LogP contribution < -0.4 is 0 Å². The lowest BCUT2D eigenvalue weighted by Crippen LogP contribution is -2.12. The van der Waals surface area contributed by atoms with Crippen LogP contribution in [0.1, 0.15) is 57.9 Å². The maximum atomic E-state index is 10.1. The van der Waals surface area contributed by atoms with Gasteiger partial charge in [0.25, 0.3) is 0 Å². The van der Waals surface area contributed by atoms with E-state index < -0.39 is 0 Å². The normalized spacial score (nSPS) is 17.6. The fraction of sp³-hybridized carbons (Fsp3) is 0.455. The quantitative estimate of drug-likeness (QED) is 0.490.